The van der Waals surface area contributed by atoms with Gasteiger partial charge < -0.3 is 0 Å². The molecule has 0 aliphatic rings. The second-order valence-corrected chi connectivity index (χ2v) is 3.95. The van der Waals surface area contributed by atoms with E-state index >= 15 is 0 Å². The van der Waals surface area contributed by atoms with E-state index in [1.165, 1.54) is 0 Å². The van der Waals surface area contributed by atoms with Gasteiger partial charge in [0.15, 0.2) is 0 Å². The minimum absolute atomic E-state index is 0.415. The molecule has 104 valence electrons. The molecule has 2 nitrogen and oxygen atoms in total. The Morgan fingerprint density at radius 1 is 0.947 bits per heavy atom. The van der Waals surface area contributed by atoms with Crippen LogP contribution in [0.15, 0.2) is 29.3 Å². The zero-order chi connectivity index (χ0) is 14.9. The lowest BCUT2D eigenvalue weighted by atomic mass is 10.0. The van der Waals surface area contributed by atoms with Crippen molar-refractivity contribution in [2.45, 2.75) is 17.4 Å². The van der Waals surface area contributed by atoms with Gasteiger partial charge in [0.1, 0.15) is 0 Å². The largest absolute Gasteiger partial charge is 0.432 e. The molecular weight excluding hydrogens is 300 g/mol. The first-order chi connectivity index (χ1) is 8.52. The average Bonchev–Trinajstić information content (AvgIpc) is 2.27. The first kappa shape index (κ1) is 15.5. The molecule has 1 unspecified atom stereocenters. The molecule has 0 aliphatic heterocycles. The Labute approximate surface area is 107 Å². The summed E-state index contributed by atoms with van der Waals surface area (Å²) in [4.78, 5) is 9.01. The number of hydrogen-bond donors (Lipinski definition) is 0. The molecule has 0 amide bonds. The minimum atomic E-state index is -5.16. The summed E-state index contributed by atoms with van der Waals surface area (Å²) >= 11 is 5.17. The molecule has 0 aromatic heterocycles. The van der Waals surface area contributed by atoms with Crippen LogP contribution in [0, 0.1) is 0 Å². The average molecular weight is 304 g/mol. The highest BCUT2D eigenvalue weighted by Gasteiger charge is 2.56. The first-order valence-electron chi connectivity index (χ1n) is 4.55. The molecule has 19 heavy (non-hydrogen) atoms. The number of carbonyl (C=O) groups excluding carboxylic acids is 1. The Hall–Kier alpha value is -1.53. The number of hydrogen-bond acceptors (Lipinski definition) is 2. The van der Waals surface area contributed by atoms with E-state index in [9.17, 15) is 31.1 Å². The maximum Gasteiger partial charge on any atom is 0.432 e. The number of isocyanates is 1. The highest BCUT2D eigenvalue weighted by Crippen LogP contribution is 2.46. The quantitative estimate of drug-likeness (QED) is 0.267. The van der Waals surface area contributed by atoms with Crippen molar-refractivity contribution in [2.75, 3.05) is 0 Å². The molecule has 0 heterocycles. The molecule has 1 atom stereocenters. The van der Waals surface area contributed by atoms with E-state index in [1.54, 1.807) is 0 Å². The molecule has 0 radical (unpaired) electrons. The predicted molar refractivity (Wildman–Crippen MR) is 53.2 cm³/mol. The third-order valence-electron chi connectivity index (χ3n) is 2.17. The van der Waals surface area contributed by atoms with E-state index in [-0.39, 0.29) is 0 Å². The lowest BCUT2D eigenvalue weighted by Gasteiger charge is -2.24. The fourth-order valence-corrected chi connectivity index (χ4v) is 1.40. The number of aliphatic imine (C=N–C) groups is 1. The summed E-state index contributed by atoms with van der Waals surface area (Å²) in [6.07, 6.45) is -9.20. The maximum atomic E-state index is 12.7. The van der Waals surface area contributed by atoms with Crippen molar-refractivity contribution < 1.29 is 31.1 Å². The van der Waals surface area contributed by atoms with Gasteiger partial charge in [-0.15, -0.1) is 0 Å². The fraction of sp³-hybridized carbons (Fsp3) is 0.300. The number of alkyl halides is 7. The zero-order valence-corrected chi connectivity index (χ0v) is 9.57. The van der Waals surface area contributed by atoms with Crippen molar-refractivity contribution in [2.24, 2.45) is 4.99 Å². The van der Waals surface area contributed by atoms with Gasteiger partial charge in [0.25, 0.3) is 5.00 Å². The van der Waals surface area contributed by atoms with Crippen LogP contribution in [0.25, 0.3) is 0 Å². The summed E-state index contributed by atoms with van der Waals surface area (Å²) < 4.78 is 74.8. The molecule has 0 fully saturated rings. The SMILES string of the molecule is O=C=NC(Cl)(c1ccc(C(F)(F)F)cc1)C(F)(F)F. The van der Waals surface area contributed by atoms with E-state index < -0.39 is 28.5 Å². The predicted octanol–water partition coefficient (Wildman–Crippen LogP) is 4.00. The van der Waals surface area contributed by atoms with Crippen molar-refractivity contribution in [3.8, 4) is 0 Å². The van der Waals surface area contributed by atoms with Gasteiger partial charge in [0.05, 0.1) is 5.56 Å². The van der Waals surface area contributed by atoms with Gasteiger partial charge >= 0.3 is 12.4 Å². The zero-order valence-electron chi connectivity index (χ0n) is 8.81. The second-order valence-electron chi connectivity index (χ2n) is 3.40. The van der Waals surface area contributed by atoms with Gasteiger partial charge in [-0.25, -0.2) is 4.79 Å². The van der Waals surface area contributed by atoms with Gasteiger partial charge in [-0.2, -0.15) is 31.3 Å². The van der Waals surface area contributed by atoms with Crippen molar-refractivity contribution >= 4 is 17.7 Å². The smallest absolute Gasteiger partial charge is 0.211 e. The molecule has 1 aromatic carbocycles. The van der Waals surface area contributed by atoms with Crippen LogP contribution in [0.3, 0.4) is 0 Å². The molecule has 0 bridgehead atoms. The molecule has 0 spiro atoms. The molecule has 1 aromatic rings. The van der Waals surface area contributed by atoms with Crippen LogP contribution in [0.4, 0.5) is 26.3 Å². The first-order valence-corrected chi connectivity index (χ1v) is 4.92. The third kappa shape index (κ3) is 3.08. The van der Waals surface area contributed by atoms with Crippen molar-refractivity contribution in [3.05, 3.63) is 35.4 Å². The number of nitrogens with zero attached hydrogens (tertiary/aromatic N) is 1. The van der Waals surface area contributed by atoms with Gasteiger partial charge in [-0.05, 0) is 12.1 Å². The van der Waals surface area contributed by atoms with Crippen LogP contribution in [0.5, 0.6) is 0 Å². The summed E-state index contributed by atoms with van der Waals surface area (Å²) in [6.45, 7) is 0. The van der Waals surface area contributed by atoms with Crippen LogP contribution in [-0.4, -0.2) is 12.3 Å². The van der Waals surface area contributed by atoms with Gasteiger partial charge in [-0.1, -0.05) is 23.7 Å². The van der Waals surface area contributed by atoms with Crippen LogP contribution < -0.4 is 0 Å². The molecule has 0 saturated carbocycles. The van der Waals surface area contributed by atoms with Gasteiger partial charge in [0, 0.05) is 5.56 Å². The molecular formula is C10H4ClF6NO. The Morgan fingerprint density at radius 3 is 1.68 bits per heavy atom. The monoisotopic (exact) mass is 303 g/mol. The van der Waals surface area contributed by atoms with Crippen molar-refractivity contribution in [1.29, 1.82) is 0 Å². The summed E-state index contributed by atoms with van der Waals surface area (Å²) in [5.41, 5.74) is -1.95. The third-order valence-corrected chi connectivity index (χ3v) is 2.69. The second kappa shape index (κ2) is 4.86. The molecule has 0 aliphatic carbocycles. The van der Waals surface area contributed by atoms with Crippen LogP contribution in [0.2, 0.25) is 0 Å². The van der Waals surface area contributed by atoms with Gasteiger partial charge in [0.2, 0.25) is 6.08 Å². The molecule has 9 heteroatoms. The van der Waals surface area contributed by atoms with Crippen molar-refractivity contribution in [1.82, 2.24) is 0 Å². The standard InChI is InChI=1S/C10H4ClF6NO/c11-8(18-5-19,10(15,16)17)6-1-3-7(4-2-6)9(12,13)14/h1-4H. The minimum Gasteiger partial charge on any atom is -0.211 e. The molecule has 1 rings (SSSR count). The van der Waals surface area contributed by atoms with E-state index in [2.05, 4.69) is 4.99 Å². The normalized spacial score (nSPS) is 15.5. The lowest BCUT2D eigenvalue weighted by Crippen LogP contribution is -2.35. The van der Waals surface area contributed by atoms with Crippen molar-refractivity contribution in [3.63, 3.8) is 0 Å². The summed E-state index contributed by atoms with van der Waals surface area (Å²) in [5, 5.41) is 0. The number of rotatable bonds is 2. The fourth-order valence-electron chi connectivity index (χ4n) is 1.23. The highest BCUT2D eigenvalue weighted by atomic mass is 35.5. The lowest BCUT2D eigenvalue weighted by molar-refractivity contribution is -0.162. The van der Waals surface area contributed by atoms with E-state index in [4.69, 9.17) is 11.6 Å². The Kier molecular flexibility index (Phi) is 3.97. The number of halogens is 7. The summed E-state index contributed by atoms with van der Waals surface area (Å²) in [7, 11) is 0. The Morgan fingerprint density at radius 2 is 1.37 bits per heavy atom. The van der Waals surface area contributed by atoms with Crippen LogP contribution in [-0.2, 0) is 16.0 Å². The Bertz CT molecular complexity index is 502. The Balaban J connectivity index is 3.31. The van der Waals surface area contributed by atoms with Crippen LogP contribution in [0.1, 0.15) is 11.1 Å². The molecule has 0 saturated heterocycles. The summed E-state index contributed by atoms with van der Waals surface area (Å²) in [6, 6.07) is 1.84. The van der Waals surface area contributed by atoms with E-state index in [1.807, 2.05) is 0 Å². The maximum absolute atomic E-state index is 12.7. The van der Waals surface area contributed by atoms with Crippen LogP contribution >= 0.6 is 11.6 Å². The molecule has 0 N–H and O–H groups in total. The van der Waals surface area contributed by atoms with E-state index in [0.717, 1.165) is 0 Å². The van der Waals surface area contributed by atoms with Gasteiger partial charge in [-0.3, -0.25) is 0 Å². The summed E-state index contributed by atoms with van der Waals surface area (Å²) in [5.74, 6) is 0. The highest BCUT2D eigenvalue weighted by molar-refractivity contribution is 6.24. The topological polar surface area (TPSA) is 29.4 Å². The number of benzene rings is 1. The van der Waals surface area contributed by atoms with E-state index in [0.29, 0.717) is 30.3 Å².